The van der Waals surface area contributed by atoms with Crippen LogP contribution in [0.5, 0.6) is 5.75 Å². The molecule has 7 heteroatoms. The van der Waals surface area contributed by atoms with Crippen molar-refractivity contribution in [2.75, 3.05) is 30.9 Å². The predicted molar refractivity (Wildman–Crippen MR) is 132 cm³/mol. The molecule has 0 saturated heterocycles. The molecule has 0 spiro atoms. The average molecular weight is 452 g/mol. The van der Waals surface area contributed by atoms with Crippen LogP contribution in [0.4, 0.5) is 11.8 Å². The second-order valence-corrected chi connectivity index (χ2v) is 9.42. The molecule has 1 saturated carbocycles. The van der Waals surface area contributed by atoms with E-state index in [1.54, 1.807) is 0 Å². The van der Waals surface area contributed by atoms with E-state index in [1.807, 2.05) is 30.3 Å². The van der Waals surface area contributed by atoms with Gasteiger partial charge in [-0.05, 0) is 69.9 Å². The van der Waals surface area contributed by atoms with Crippen molar-refractivity contribution in [3.63, 3.8) is 0 Å². The van der Waals surface area contributed by atoms with Crippen molar-refractivity contribution in [1.29, 1.82) is 0 Å². The van der Waals surface area contributed by atoms with E-state index in [1.165, 1.54) is 24.1 Å². The zero-order valence-corrected chi connectivity index (χ0v) is 20.0. The van der Waals surface area contributed by atoms with Crippen molar-refractivity contribution in [3.8, 4) is 5.75 Å². The topological polar surface area (TPSA) is 79.4 Å². The van der Waals surface area contributed by atoms with Gasteiger partial charge in [-0.25, -0.2) is 4.98 Å². The molecule has 0 aliphatic heterocycles. The van der Waals surface area contributed by atoms with Crippen molar-refractivity contribution in [1.82, 2.24) is 15.3 Å². The minimum Gasteiger partial charge on any atom is -0.494 e. The fraction of sp³-hybridized carbons (Fsp3) is 0.577. The number of hydrogen-bond acceptors (Lipinski definition) is 6. The van der Waals surface area contributed by atoms with E-state index in [0.717, 1.165) is 62.5 Å². The SMILES string of the molecule is CN(C)c1nc(NC2CCC(NC(=O)CCCOc3ccccc3)CC2)nc2c1CCCC2. The Balaban J connectivity index is 1.19. The van der Waals surface area contributed by atoms with E-state index in [4.69, 9.17) is 14.7 Å². The lowest BCUT2D eigenvalue weighted by atomic mass is 9.91. The maximum absolute atomic E-state index is 12.3. The van der Waals surface area contributed by atoms with Gasteiger partial charge in [0.25, 0.3) is 0 Å². The number of aryl methyl sites for hydroxylation is 1. The normalized spacial score (nSPS) is 19.9. The third-order valence-corrected chi connectivity index (χ3v) is 6.57. The van der Waals surface area contributed by atoms with Crippen LogP contribution >= 0.6 is 0 Å². The quantitative estimate of drug-likeness (QED) is 0.559. The Bertz CT molecular complexity index is 910. The van der Waals surface area contributed by atoms with Crippen molar-refractivity contribution in [3.05, 3.63) is 41.6 Å². The van der Waals surface area contributed by atoms with Crippen LogP contribution in [0.2, 0.25) is 0 Å². The summed E-state index contributed by atoms with van der Waals surface area (Å²) in [5.74, 6) is 2.78. The van der Waals surface area contributed by atoms with Gasteiger partial charge in [0.05, 0.1) is 12.3 Å². The molecule has 1 heterocycles. The molecule has 0 bridgehead atoms. The summed E-state index contributed by atoms with van der Waals surface area (Å²) in [7, 11) is 4.12. The number of anilines is 2. The highest BCUT2D eigenvalue weighted by Crippen LogP contribution is 2.29. The molecule has 2 N–H and O–H groups in total. The molecule has 0 radical (unpaired) electrons. The van der Waals surface area contributed by atoms with Gasteiger partial charge in [-0.3, -0.25) is 4.79 Å². The lowest BCUT2D eigenvalue weighted by molar-refractivity contribution is -0.122. The molecule has 2 aliphatic carbocycles. The number of para-hydroxylation sites is 1. The first kappa shape index (κ1) is 23.3. The van der Waals surface area contributed by atoms with E-state index >= 15 is 0 Å². The third-order valence-electron chi connectivity index (χ3n) is 6.57. The van der Waals surface area contributed by atoms with Gasteiger partial charge >= 0.3 is 0 Å². The second kappa shape index (κ2) is 11.3. The summed E-state index contributed by atoms with van der Waals surface area (Å²) in [6, 6.07) is 10.3. The first-order valence-electron chi connectivity index (χ1n) is 12.4. The van der Waals surface area contributed by atoms with Gasteiger partial charge < -0.3 is 20.3 Å². The molecule has 1 aromatic carbocycles. The number of nitrogens with zero attached hydrogens (tertiary/aromatic N) is 3. The number of aromatic nitrogens is 2. The fourth-order valence-electron chi connectivity index (χ4n) is 4.81. The minimum absolute atomic E-state index is 0.122. The number of carbonyl (C=O) groups is 1. The lowest BCUT2D eigenvalue weighted by Gasteiger charge is -2.30. The number of amides is 1. The number of benzene rings is 1. The molecular formula is C26H37N5O2. The molecule has 2 aliphatic rings. The Morgan fingerprint density at radius 2 is 1.76 bits per heavy atom. The Labute approximate surface area is 197 Å². The van der Waals surface area contributed by atoms with Gasteiger partial charge in [0.15, 0.2) is 0 Å². The van der Waals surface area contributed by atoms with Crippen LogP contribution in [0.25, 0.3) is 0 Å². The van der Waals surface area contributed by atoms with Crippen molar-refractivity contribution in [2.24, 2.45) is 0 Å². The molecule has 2 aromatic rings. The minimum atomic E-state index is 0.122. The van der Waals surface area contributed by atoms with Crippen LogP contribution in [0.15, 0.2) is 30.3 Å². The monoisotopic (exact) mass is 451 g/mol. The fourth-order valence-corrected chi connectivity index (χ4v) is 4.81. The molecule has 178 valence electrons. The summed E-state index contributed by atoms with van der Waals surface area (Å²) in [6.45, 7) is 0.559. The van der Waals surface area contributed by atoms with Gasteiger partial charge in [0.1, 0.15) is 11.6 Å². The summed E-state index contributed by atoms with van der Waals surface area (Å²) in [4.78, 5) is 24.1. The predicted octanol–water partition coefficient (Wildman–Crippen LogP) is 4.12. The number of fused-ring (bicyclic) bond motifs is 1. The van der Waals surface area contributed by atoms with Gasteiger partial charge in [-0.15, -0.1) is 0 Å². The second-order valence-electron chi connectivity index (χ2n) is 9.42. The van der Waals surface area contributed by atoms with Crippen LogP contribution in [0.3, 0.4) is 0 Å². The number of ether oxygens (including phenoxy) is 1. The van der Waals surface area contributed by atoms with Gasteiger partial charge in [-0.1, -0.05) is 18.2 Å². The first-order chi connectivity index (χ1) is 16.1. The summed E-state index contributed by atoms with van der Waals surface area (Å²) in [5, 5.41) is 6.79. The van der Waals surface area contributed by atoms with Crippen LogP contribution in [-0.2, 0) is 17.6 Å². The van der Waals surface area contributed by atoms with Crippen molar-refractivity contribution in [2.45, 2.75) is 76.3 Å². The summed E-state index contributed by atoms with van der Waals surface area (Å²) in [5.41, 5.74) is 2.53. The molecule has 1 aromatic heterocycles. The zero-order valence-electron chi connectivity index (χ0n) is 20.0. The molecule has 7 nitrogen and oxygen atoms in total. The number of rotatable bonds is 9. The van der Waals surface area contributed by atoms with Crippen molar-refractivity contribution >= 4 is 17.7 Å². The first-order valence-corrected chi connectivity index (χ1v) is 12.4. The molecule has 33 heavy (non-hydrogen) atoms. The Hall–Kier alpha value is -2.83. The van der Waals surface area contributed by atoms with E-state index < -0.39 is 0 Å². The Morgan fingerprint density at radius 3 is 2.52 bits per heavy atom. The lowest BCUT2D eigenvalue weighted by Crippen LogP contribution is -2.40. The number of hydrogen-bond donors (Lipinski definition) is 2. The zero-order chi connectivity index (χ0) is 23.0. The molecule has 1 fully saturated rings. The van der Waals surface area contributed by atoms with E-state index in [0.29, 0.717) is 19.1 Å². The van der Waals surface area contributed by atoms with Crippen molar-refractivity contribution < 1.29 is 9.53 Å². The van der Waals surface area contributed by atoms with E-state index in [2.05, 4.69) is 29.6 Å². The Morgan fingerprint density at radius 1 is 1.03 bits per heavy atom. The summed E-state index contributed by atoms with van der Waals surface area (Å²) < 4.78 is 5.67. The molecule has 0 unspecified atom stereocenters. The standard InChI is InChI=1S/C26H37N5O2/c1-31(2)25-22-11-6-7-12-23(22)29-26(30-25)28-20-16-14-19(15-17-20)27-24(32)13-8-18-33-21-9-4-3-5-10-21/h3-5,9-10,19-20H,6-8,11-18H2,1-2H3,(H,27,32)(H,28,29,30). The van der Waals surface area contributed by atoms with Crippen LogP contribution in [0.1, 0.15) is 62.6 Å². The largest absolute Gasteiger partial charge is 0.494 e. The molecule has 4 rings (SSSR count). The highest BCUT2D eigenvalue weighted by Gasteiger charge is 2.24. The van der Waals surface area contributed by atoms with Gasteiger partial charge in [0.2, 0.25) is 11.9 Å². The Kier molecular flexibility index (Phi) is 8.02. The highest BCUT2D eigenvalue weighted by atomic mass is 16.5. The van der Waals surface area contributed by atoms with Gasteiger partial charge in [-0.2, -0.15) is 4.98 Å². The van der Waals surface area contributed by atoms with E-state index in [9.17, 15) is 4.79 Å². The average Bonchev–Trinajstić information content (AvgIpc) is 2.83. The number of carbonyl (C=O) groups excluding carboxylic acids is 1. The van der Waals surface area contributed by atoms with Crippen LogP contribution in [-0.4, -0.2) is 48.7 Å². The maximum atomic E-state index is 12.3. The molecular weight excluding hydrogens is 414 g/mol. The third kappa shape index (κ3) is 6.59. The van der Waals surface area contributed by atoms with E-state index in [-0.39, 0.29) is 11.9 Å². The molecule has 1 amide bonds. The van der Waals surface area contributed by atoms with Crippen LogP contribution in [0, 0.1) is 0 Å². The van der Waals surface area contributed by atoms with Crippen LogP contribution < -0.4 is 20.3 Å². The smallest absolute Gasteiger partial charge is 0.225 e. The summed E-state index contributed by atoms with van der Waals surface area (Å²) in [6.07, 6.45) is 9.77. The summed E-state index contributed by atoms with van der Waals surface area (Å²) >= 11 is 0. The molecule has 0 atom stereocenters. The maximum Gasteiger partial charge on any atom is 0.225 e. The number of nitrogens with one attached hydrogen (secondary N) is 2. The highest BCUT2D eigenvalue weighted by molar-refractivity contribution is 5.76. The van der Waals surface area contributed by atoms with Gasteiger partial charge in [0, 0.05) is 38.2 Å².